The number of imidazole rings is 1. The van der Waals surface area contributed by atoms with E-state index < -0.39 is 145 Å². The van der Waals surface area contributed by atoms with Crippen LogP contribution in [0, 0.1) is 11.8 Å². The van der Waals surface area contributed by atoms with Crippen molar-refractivity contribution in [1.29, 1.82) is 0 Å². The number of amides is 8. The van der Waals surface area contributed by atoms with Gasteiger partial charge in [-0.25, -0.2) is 9.78 Å². The molecule has 9 atom stereocenters. The van der Waals surface area contributed by atoms with E-state index >= 15 is 0 Å². The van der Waals surface area contributed by atoms with Gasteiger partial charge in [-0.1, -0.05) is 70.2 Å². The Morgan fingerprint density at radius 3 is 1.53 bits per heavy atom. The van der Waals surface area contributed by atoms with E-state index in [1.165, 1.54) is 48.6 Å². The fourth-order valence-electron chi connectivity index (χ4n) is 8.57. The molecule has 0 aliphatic heterocycles. The highest BCUT2D eigenvalue weighted by Crippen LogP contribution is 2.15. The Labute approximate surface area is 501 Å². The number of aromatic nitrogens is 2. The molecule has 86 heavy (non-hydrogen) atoms. The van der Waals surface area contributed by atoms with Gasteiger partial charge >= 0.3 is 17.9 Å². The summed E-state index contributed by atoms with van der Waals surface area (Å²) in [5.74, 6) is -11.9. The van der Waals surface area contributed by atoms with Crippen molar-refractivity contribution in [2.75, 3.05) is 18.6 Å². The second-order valence-corrected chi connectivity index (χ2v) is 22.2. The summed E-state index contributed by atoms with van der Waals surface area (Å²) in [4.78, 5) is 159. The molecule has 0 bridgehead atoms. The fourth-order valence-corrected chi connectivity index (χ4v) is 9.04. The number of phenolic OH excluding ortho intramolecular Hbond substituents is 1. The molecular formula is C56H82N14O15S. The maximum atomic E-state index is 14.7. The number of nitrogens with two attached hydrogens (primary N) is 3. The highest BCUT2D eigenvalue weighted by molar-refractivity contribution is 7.98. The van der Waals surface area contributed by atoms with Crippen LogP contribution in [0.1, 0.15) is 95.9 Å². The molecule has 0 saturated carbocycles. The Kier molecular flexibility index (Phi) is 30.6. The largest absolute Gasteiger partial charge is 0.508 e. The van der Waals surface area contributed by atoms with Crippen LogP contribution in [-0.2, 0) is 72.0 Å². The van der Waals surface area contributed by atoms with Crippen LogP contribution in [0.25, 0.3) is 0 Å². The molecule has 0 aliphatic carbocycles. The minimum Gasteiger partial charge on any atom is -0.508 e. The first-order valence-electron chi connectivity index (χ1n) is 27.9. The minimum absolute atomic E-state index is 0.0443. The number of hydrogen-bond donors (Lipinski definition) is 16. The number of aromatic amines is 1. The molecule has 472 valence electrons. The summed E-state index contributed by atoms with van der Waals surface area (Å²) in [6.45, 7) is 6.78. The maximum Gasteiger partial charge on any atom is 0.326 e. The monoisotopic (exact) mass is 1220 g/mol. The lowest BCUT2D eigenvalue weighted by Gasteiger charge is -2.29. The average molecular weight is 1220 g/mol. The predicted molar refractivity (Wildman–Crippen MR) is 316 cm³/mol. The molecule has 8 amide bonds. The second kappa shape index (κ2) is 36.8. The molecule has 1 heterocycles. The van der Waals surface area contributed by atoms with Crippen molar-refractivity contribution in [3.63, 3.8) is 0 Å². The van der Waals surface area contributed by atoms with E-state index in [1.54, 1.807) is 64.3 Å². The van der Waals surface area contributed by atoms with Gasteiger partial charge in [0.05, 0.1) is 12.4 Å². The normalized spacial score (nSPS) is 14.2. The van der Waals surface area contributed by atoms with Crippen molar-refractivity contribution in [2.45, 2.75) is 153 Å². The minimum atomic E-state index is -1.70. The number of carboxylic acids is 3. The van der Waals surface area contributed by atoms with Gasteiger partial charge in [-0.05, 0) is 85.6 Å². The number of hydrogen-bond acceptors (Lipinski definition) is 16. The van der Waals surface area contributed by atoms with Crippen LogP contribution >= 0.6 is 11.8 Å². The van der Waals surface area contributed by atoms with Crippen molar-refractivity contribution in [2.24, 2.45) is 34.0 Å². The molecule has 0 saturated heterocycles. The van der Waals surface area contributed by atoms with Gasteiger partial charge in [-0.2, -0.15) is 11.8 Å². The van der Waals surface area contributed by atoms with E-state index in [0.717, 1.165) is 0 Å². The molecule has 0 fully saturated rings. The van der Waals surface area contributed by atoms with Crippen LogP contribution in [0.4, 0.5) is 0 Å². The molecule has 0 unspecified atom stereocenters. The van der Waals surface area contributed by atoms with Gasteiger partial charge in [0.15, 0.2) is 5.96 Å². The highest BCUT2D eigenvalue weighted by atomic mass is 32.2. The number of guanidine groups is 1. The number of benzene rings is 2. The van der Waals surface area contributed by atoms with Gasteiger partial charge in [-0.3, -0.25) is 52.9 Å². The third kappa shape index (κ3) is 26.4. The van der Waals surface area contributed by atoms with E-state index in [4.69, 9.17) is 22.3 Å². The van der Waals surface area contributed by atoms with Crippen LogP contribution < -0.4 is 59.7 Å². The van der Waals surface area contributed by atoms with E-state index in [-0.39, 0.29) is 75.5 Å². The number of carbonyl (C=O) groups is 11. The Bertz CT molecular complexity index is 2770. The van der Waals surface area contributed by atoms with Crippen LogP contribution in [0.2, 0.25) is 0 Å². The summed E-state index contributed by atoms with van der Waals surface area (Å²) in [6.07, 6.45) is 1.85. The number of thioether (sulfide) groups is 1. The lowest BCUT2D eigenvalue weighted by molar-refractivity contribution is -0.143. The number of aliphatic carboxylic acids is 3. The van der Waals surface area contributed by atoms with Crippen LogP contribution in [-0.4, -0.2) is 174 Å². The summed E-state index contributed by atoms with van der Waals surface area (Å²) >= 11 is 1.38. The molecular weight excluding hydrogens is 1140 g/mol. The number of aromatic hydroxyl groups is 1. The second-order valence-electron chi connectivity index (χ2n) is 21.2. The number of carbonyl (C=O) groups excluding carboxylic acids is 8. The third-order valence-corrected chi connectivity index (χ3v) is 13.9. The standard InChI is InChI=1S/C56H82N14O15S/c1-30(2)24-43(55(84)85)69-50(79)39(21-23-86-5)65-54(83)46(31(3)4)70-53(82)42(27-34-28-60-29-62-34)68-48(77)37(12-9-22-61-56(58)59)63-52(81)41(26-33-13-15-35(71)16-14-33)67-49(78)38(18-20-45(74)75)64-51(80)40(25-32-10-7-6-8-11-32)66-47(76)36(57)17-19-44(72)73/h6-8,10-11,13-16,28-31,36-43,46,71H,9,12,17-27,57H2,1-5H3,(H,60,62)(H,63,81)(H,64,80)(H,65,83)(H,66,76)(H,67,78)(H,68,77)(H,69,79)(H,70,82)(H,72,73)(H,74,75)(H,84,85)(H4,58,59,61)/t36-,37-,38-,39-,40-,41-,42-,43-,46-/m0/s1. The molecule has 30 heteroatoms. The summed E-state index contributed by atoms with van der Waals surface area (Å²) < 4.78 is 0. The SMILES string of the molecule is CSCC[C@H](NC(=O)[C@@H](NC(=O)[C@H](Cc1cnc[nH]1)NC(=O)[C@H](CCCN=C(N)N)NC(=O)[C@H](Cc1ccc(O)cc1)NC(=O)[C@H](CCC(=O)O)NC(=O)[C@H](Cc1ccccc1)NC(=O)[C@@H](N)CCC(=O)O)C(C)C)C(=O)N[C@@H](CC(C)C)C(=O)O. The molecule has 3 rings (SSSR count). The first-order chi connectivity index (χ1) is 40.7. The Morgan fingerprint density at radius 1 is 0.570 bits per heavy atom. The molecule has 19 N–H and O–H groups in total. The summed E-state index contributed by atoms with van der Waals surface area (Å²) in [6, 6.07) is 0.884. The first-order valence-corrected chi connectivity index (χ1v) is 29.2. The van der Waals surface area contributed by atoms with Gasteiger partial charge < -0.3 is 85.1 Å². The van der Waals surface area contributed by atoms with Gasteiger partial charge in [0.1, 0.15) is 54.1 Å². The molecule has 1 aromatic heterocycles. The zero-order valence-corrected chi connectivity index (χ0v) is 49.5. The highest BCUT2D eigenvalue weighted by Gasteiger charge is 2.36. The van der Waals surface area contributed by atoms with Crippen molar-refractivity contribution >= 4 is 82.9 Å². The number of phenols is 1. The molecule has 29 nitrogen and oxygen atoms in total. The molecule has 0 aliphatic rings. The summed E-state index contributed by atoms with van der Waals surface area (Å²) in [5, 5.41) is 59.5. The topological polar surface area (TPSA) is 484 Å². The lowest BCUT2D eigenvalue weighted by atomic mass is 10.0. The maximum absolute atomic E-state index is 14.7. The average Bonchev–Trinajstić information content (AvgIpc) is 3.72. The number of H-pyrrole nitrogens is 1. The Hall–Kier alpha value is -8.80. The van der Waals surface area contributed by atoms with Crippen molar-refractivity contribution < 1.29 is 73.2 Å². The zero-order valence-electron chi connectivity index (χ0n) is 48.7. The molecule has 3 aromatic rings. The third-order valence-electron chi connectivity index (χ3n) is 13.2. The first kappa shape index (κ1) is 71.5. The quantitative estimate of drug-likeness (QED) is 0.0179. The molecule has 2 aromatic carbocycles. The Morgan fingerprint density at radius 2 is 1.03 bits per heavy atom. The smallest absolute Gasteiger partial charge is 0.326 e. The number of nitrogens with one attached hydrogen (secondary N) is 9. The van der Waals surface area contributed by atoms with E-state index in [9.17, 15) is 68.1 Å². The zero-order chi connectivity index (χ0) is 64.0. The van der Waals surface area contributed by atoms with Crippen LogP contribution in [0.15, 0.2) is 72.1 Å². The molecule has 0 radical (unpaired) electrons. The number of aliphatic imine (C=N–C) groups is 1. The van der Waals surface area contributed by atoms with Gasteiger partial charge in [0, 0.05) is 50.5 Å². The van der Waals surface area contributed by atoms with Crippen molar-refractivity contribution in [1.82, 2.24) is 52.5 Å². The van der Waals surface area contributed by atoms with E-state index in [2.05, 4.69) is 57.5 Å². The fraction of sp³-hybridized carbons (Fsp3) is 0.518. The van der Waals surface area contributed by atoms with Crippen LogP contribution in [0.5, 0.6) is 5.75 Å². The Balaban J connectivity index is 2.03. The lowest BCUT2D eigenvalue weighted by Crippen LogP contribution is -2.61. The van der Waals surface area contributed by atoms with Gasteiger partial charge in [0.2, 0.25) is 47.3 Å². The number of carboxylic acid groups (broad SMARTS) is 3. The van der Waals surface area contributed by atoms with E-state index in [1.807, 2.05) is 0 Å². The predicted octanol–water partition coefficient (Wildman–Crippen LogP) is -1.33. The van der Waals surface area contributed by atoms with Crippen LogP contribution in [0.3, 0.4) is 0 Å². The van der Waals surface area contributed by atoms with E-state index in [0.29, 0.717) is 22.6 Å². The van der Waals surface area contributed by atoms with Crippen molar-refractivity contribution in [3.8, 4) is 5.75 Å². The number of nitrogens with zero attached hydrogens (tertiary/aromatic N) is 2. The summed E-state index contributed by atoms with van der Waals surface area (Å²) in [5.41, 5.74) is 18.4. The van der Waals surface area contributed by atoms with Crippen molar-refractivity contribution in [3.05, 3.63) is 83.9 Å². The van der Waals surface area contributed by atoms with Gasteiger partial charge in [-0.15, -0.1) is 0 Å². The summed E-state index contributed by atoms with van der Waals surface area (Å²) in [7, 11) is 0. The number of rotatable bonds is 39. The molecule has 0 spiro atoms. The van der Waals surface area contributed by atoms with Gasteiger partial charge in [0.25, 0.3) is 0 Å².